The van der Waals surface area contributed by atoms with Gasteiger partial charge in [0.2, 0.25) is 5.76 Å². The molecule has 2 aromatic heterocycles. The first-order chi connectivity index (χ1) is 13.0. The molecular weight excluding hydrogens is 359 g/mol. The smallest absolute Gasteiger partial charge is 0.416 e. The third-order valence-electron chi connectivity index (χ3n) is 4.76. The molecule has 0 aliphatic carbocycles. The molecule has 3 aromatic rings. The highest BCUT2D eigenvalue weighted by Gasteiger charge is 2.31. The van der Waals surface area contributed by atoms with Crippen LogP contribution in [0.5, 0.6) is 0 Å². The number of quaternary nitrogens is 1. The van der Waals surface area contributed by atoms with Crippen LogP contribution in [0.4, 0.5) is 18.9 Å². The van der Waals surface area contributed by atoms with Gasteiger partial charge in [0.1, 0.15) is 12.2 Å². The lowest BCUT2D eigenvalue weighted by atomic mass is 10.1. The third-order valence-corrected chi connectivity index (χ3v) is 4.76. The van der Waals surface area contributed by atoms with Crippen molar-refractivity contribution in [3.63, 3.8) is 0 Å². The summed E-state index contributed by atoms with van der Waals surface area (Å²) in [5.74, 6) is 1.23. The Hall–Kier alpha value is -2.74. The maximum absolute atomic E-state index is 12.9. The van der Waals surface area contributed by atoms with Gasteiger partial charge in [-0.15, -0.1) is 0 Å². The molecular formula is C19H19F3N3O2+. The van der Waals surface area contributed by atoms with E-state index in [2.05, 4.69) is 5.16 Å². The van der Waals surface area contributed by atoms with Crippen LogP contribution in [0.25, 0.3) is 11.5 Å². The number of benzene rings is 1. The summed E-state index contributed by atoms with van der Waals surface area (Å²) in [6, 6.07) is 11.0. The minimum Gasteiger partial charge on any atom is -0.461 e. The largest absolute Gasteiger partial charge is 0.461 e. The molecule has 27 heavy (non-hydrogen) atoms. The fourth-order valence-electron chi connectivity index (χ4n) is 3.32. The maximum atomic E-state index is 12.9. The lowest BCUT2D eigenvalue weighted by Gasteiger charge is -2.33. The Morgan fingerprint density at radius 3 is 2.56 bits per heavy atom. The topological polar surface area (TPSA) is 46.9 Å². The van der Waals surface area contributed by atoms with E-state index >= 15 is 0 Å². The molecule has 0 amide bonds. The van der Waals surface area contributed by atoms with Crippen LogP contribution in [0, 0.1) is 0 Å². The highest BCUT2D eigenvalue weighted by atomic mass is 19.4. The molecule has 1 saturated heterocycles. The van der Waals surface area contributed by atoms with Crippen molar-refractivity contribution in [1.82, 2.24) is 5.16 Å². The van der Waals surface area contributed by atoms with Gasteiger partial charge in [0.05, 0.1) is 38.0 Å². The zero-order valence-corrected chi connectivity index (χ0v) is 14.5. The molecule has 0 bridgehead atoms. The van der Waals surface area contributed by atoms with Gasteiger partial charge in [-0.2, -0.15) is 13.2 Å². The number of nitrogens with zero attached hydrogens (tertiary/aromatic N) is 2. The van der Waals surface area contributed by atoms with Gasteiger partial charge in [-0.1, -0.05) is 11.2 Å². The van der Waals surface area contributed by atoms with Crippen LogP contribution in [-0.2, 0) is 12.7 Å². The SMILES string of the molecule is FC(F)(F)c1cccc(N2CC[NH+](Cc3cc(-c4ccco4)on3)CC2)c1. The summed E-state index contributed by atoms with van der Waals surface area (Å²) in [5, 5.41) is 4.09. The van der Waals surface area contributed by atoms with Crippen molar-refractivity contribution in [3.05, 3.63) is 60.0 Å². The van der Waals surface area contributed by atoms with E-state index in [4.69, 9.17) is 8.94 Å². The van der Waals surface area contributed by atoms with E-state index in [0.29, 0.717) is 36.8 Å². The predicted octanol–water partition coefficient (Wildman–Crippen LogP) is 2.86. The first-order valence-corrected chi connectivity index (χ1v) is 8.74. The summed E-state index contributed by atoms with van der Waals surface area (Å²) in [6.07, 6.45) is -2.74. The Balaban J connectivity index is 1.36. The van der Waals surface area contributed by atoms with E-state index in [1.807, 2.05) is 17.0 Å². The summed E-state index contributed by atoms with van der Waals surface area (Å²) in [7, 11) is 0. The number of aromatic nitrogens is 1. The molecule has 1 aliphatic heterocycles. The molecule has 0 saturated carbocycles. The molecule has 0 atom stereocenters. The van der Waals surface area contributed by atoms with Gasteiger partial charge in [-0.3, -0.25) is 0 Å². The summed E-state index contributed by atoms with van der Waals surface area (Å²) in [5.41, 5.74) is 0.845. The Labute approximate surface area is 154 Å². The Kier molecular flexibility index (Phi) is 4.65. The fourth-order valence-corrected chi connectivity index (χ4v) is 3.32. The molecule has 8 heteroatoms. The number of anilines is 1. The highest BCUT2D eigenvalue weighted by molar-refractivity contribution is 5.50. The van der Waals surface area contributed by atoms with Crippen molar-refractivity contribution < 1.29 is 27.0 Å². The van der Waals surface area contributed by atoms with Crippen molar-refractivity contribution in [3.8, 4) is 11.5 Å². The van der Waals surface area contributed by atoms with E-state index in [0.717, 1.165) is 24.8 Å². The summed E-state index contributed by atoms with van der Waals surface area (Å²) in [6.45, 7) is 3.73. The van der Waals surface area contributed by atoms with E-state index in [9.17, 15) is 13.2 Å². The molecule has 0 spiro atoms. The Bertz CT molecular complexity index is 882. The average molecular weight is 378 g/mol. The molecule has 3 heterocycles. The van der Waals surface area contributed by atoms with E-state index in [1.165, 1.54) is 17.0 Å². The molecule has 5 nitrogen and oxygen atoms in total. The molecule has 0 radical (unpaired) electrons. The van der Waals surface area contributed by atoms with Gasteiger partial charge < -0.3 is 18.7 Å². The molecule has 1 fully saturated rings. The van der Waals surface area contributed by atoms with Gasteiger partial charge in [0.25, 0.3) is 0 Å². The van der Waals surface area contributed by atoms with Gasteiger partial charge in [0, 0.05) is 11.8 Å². The minimum atomic E-state index is -4.32. The number of piperazine rings is 1. The monoisotopic (exact) mass is 378 g/mol. The number of rotatable bonds is 4. The van der Waals surface area contributed by atoms with Crippen molar-refractivity contribution in [2.75, 3.05) is 31.1 Å². The number of nitrogens with one attached hydrogen (secondary N) is 1. The molecule has 4 rings (SSSR count). The predicted molar refractivity (Wildman–Crippen MR) is 92.3 cm³/mol. The second kappa shape index (κ2) is 7.11. The number of hydrogen-bond acceptors (Lipinski definition) is 4. The molecule has 0 unspecified atom stereocenters. The van der Waals surface area contributed by atoms with Crippen molar-refractivity contribution in [2.24, 2.45) is 0 Å². The number of alkyl halides is 3. The summed E-state index contributed by atoms with van der Waals surface area (Å²) < 4.78 is 49.3. The minimum absolute atomic E-state index is 0.594. The lowest BCUT2D eigenvalue weighted by Crippen LogP contribution is -3.13. The molecule has 1 N–H and O–H groups in total. The zero-order chi connectivity index (χ0) is 18.9. The van der Waals surface area contributed by atoms with Crippen LogP contribution in [0.2, 0.25) is 0 Å². The normalized spacial score (nSPS) is 16.0. The third kappa shape index (κ3) is 4.00. The first-order valence-electron chi connectivity index (χ1n) is 8.74. The number of hydrogen-bond donors (Lipinski definition) is 1. The zero-order valence-electron chi connectivity index (χ0n) is 14.5. The van der Waals surface area contributed by atoms with Crippen LogP contribution in [0.3, 0.4) is 0 Å². The van der Waals surface area contributed by atoms with Crippen LogP contribution in [0.15, 0.2) is 57.7 Å². The molecule has 142 valence electrons. The second-order valence-electron chi connectivity index (χ2n) is 6.62. The Morgan fingerprint density at radius 1 is 1.04 bits per heavy atom. The van der Waals surface area contributed by atoms with Crippen LogP contribution in [0.1, 0.15) is 11.3 Å². The van der Waals surface area contributed by atoms with Gasteiger partial charge in [-0.05, 0) is 30.3 Å². The van der Waals surface area contributed by atoms with Crippen LogP contribution < -0.4 is 9.80 Å². The maximum Gasteiger partial charge on any atom is 0.416 e. The quantitative estimate of drug-likeness (QED) is 0.759. The molecule has 1 aliphatic rings. The first kappa shape index (κ1) is 17.7. The van der Waals surface area contributed by atoms with Crippen LogP contribution >= 0.6 is 0 Å². The summed E-state index contributed by atoms with van der Waals surface area (Å²) in [4.78, 5) is 3.31. The van der Waals surface area contributed by atoms with E-state index in [1.54, 1.807) is 18.4 Å². The second-order valence-corrected chi connectivity index (χ2v) is 6.62. The average Bonchev–Trinajstić information content (AvgIpc) is 3.33. The lowest BCUT2D eigenvalue weighted by molar-refractivity contribution is -0.914. The van der Waals surface area contributed by atoms with E-state index in [-0.39, 0.29) is 0 Å². The standard InChI is InChI=1S/C19H18F3N3O2/c20-19(21,22)14-3-1-4-16(11-14)25-8-6-24(7-9-25)13-15-12-18(27-23-15)17-5-2-10-26-17/h1-5,10-12H,6-9,13H2/p+1. The van der Waals surface area contributed by atoms with Crippen molar-refractivity contribution >= 4 is 5.69 Å². The van der Waals surface area contributed by atoms with Crippen molar-refractivity contribution in [1.29, 1.82) is 0 Å². The van der Waals surface area contributed by atoms with Gasteiger partial charge >= 0.3 is 6.18 Å². The molecule has 1 aromatic carbocycles. The van der Waals surface area contributed by atoms with E-state index < -0.39 is 11.7 Å². The van der Waals surface area contributed by atoms with Gasteiger partial charge in [0.15, 0.2) is 5.76 Å². The van der Waals surface area contributed by atoms with Crippen LogP contribution in [-0.4, -0.2) is 31.3 Å². The highest BCUT2D eigenvalue weighted by Crippen LogP contribution is 2.31. The number of furan rings is 1. The number of halogens is 3. The van der Waals surface area contributed by atoms with Crippen molar-refractivity contribution in [2.45, 2.75) is 12.7 Å². The van der Waals surface area contributed by atoms with Gasteiger partial charge in [-0.25, -0.2) is 0 Å². The summed E-state index contributed by atoms with van der Waals surface area (Å²) >= 11 is 0. The Morgan fingerprint density at radius 2 is 1.85 bits per heavy atom. The fraction of sp³-hybridized carbons (Fsp3) is 0.316.